The second-order valence-corrected chi connectivity index (χ2v) is 10.8. The second kappa shape index (κ2) is 9.55. The van der Waals surface area contributed by atoms with Gasteiger partial charge in [-0.1, -0.05) is 48.6 Å². The van der Waals surface area contributed by atoms with Gasteiger partial charge in [0.2, 0.25) is 5.91 Å². The van der Waals surface area contributed by atoms with Crippen LogP contribution >= 0.6 is 0 Å². The van der Waals surface area contributed by atoms with Crippen molar-refractivity contribution in [2.45, 2.75) is 31.7 Å². The minimum Gasteiger partial charge on any atom is -0.455 e. The first-order valence-electron chi connectivity index (χ1n) is 13.2. The number of carbonyl (C=O) groups is 2. The molecule has 206 valence electrons. The van der Waals surface area contributed by atoms with Crippen LogP contribution in [-0.4, -0.2) is 16.7 Å². The molecule has 0 radical (unpaired) electrons. The van der Waals surface area contributed by atoms with Gasteiger partial charge in [-0.3, -0.25) is 19.7 Å². The lowest BCUT2D eigenvalue weighted by Gasteiger charge is -2.31. The smallest absolute Gasteiger partial charge is 0.280 e. The molecule has 0 saturated heterocycles. The summed E-state index contributed by atoms with van der Waals surface area (Å²) < 4.78 is 19.4. The fourth-order valence-electron chi connectivity index (χ4n) is 5.55. The summed E-state index contributed by atoms with van der Waals surface area (Å²) >= 11 is 0. The summed E-state index contributed by atoms with van der Waals surface area (Å²) in [5.74, 6) is -1.34. The van der Waals surface area contributed by atoms with E-state index in [2.05, 4.69) is 5.32 Å². The Bertz CT molecular complexity index is 1790. The molecule has 2 aliphatic rings. The largest absolute Gasteiger partial charge is 0.455 e. The quantitative estimate of drug-likeness (QED) is 0.203. The molecule has 4 aromatic rings. The zero-order chi connectivity index (χ0) is 28.9. The Hall–Kier alpha value is -5.05. The molecule has 6 rings (SSSR count). The van der Waals surface area contributed by atoms with Crippen molar-refractivity contribution in [3.05, 3.63) is 118 Å². The lowest BCUT2D eigenvalue weighted by atomic mass is 9.76. The third kappa shape index (κ3) is 4.59. The zero-order valence-electron chi connectivity index (χ0n) is 22.1. The number of primary amides is 1. The number of nitrogens with zero attached hydrogens (tertiary/aromatic N) is 1. The fourth-order valence-corrected chi connectivity index (χ4v) is 5.55. The van der Waals surface area contributed by atoms with Crippen molar-refractivity contribution in [1.82, 2.24) is 5.32 Å². The Balaban J connectivity index is 1.39. The van der Waals surface area contributed by atoms with Crippen LogP contribution in [0.15, 0.2) is 89.4 Å². The molecule has 0 aliphatic heterocycles. The average Bonchev–Trinajstić information content (AvgIpc) is 3.64. The van der Waals surface area contributed by atoms with Crippen molar-refractivity contribution in [3.63, 3.8) is 0 Å². The number of allylic oxidation sites excluding steroid dienone is 3. The number of nitro benzene ring substituents is 1. The van der Waals surface area contributed by atoms with Crippen LogP contribution in [0, 0.1) is 21.3 Å². The average molecular weight is 552 g/mol. The Labute approximate surface area is 234 Å². The summed E-state index contributed by atoms with van der Waals surface area (Å²) in [6.07, 6.45) is 7.12. The maximum Gasteiger partial charge on any atom is 0.280 e. The summed E-state index contributed by atoms with van der Waals surface area (Å²) in [4.78, 5) is 37.9. The van der Waals surface area contributed by atoms with Crippen LogP contribution in [-0.2, 0) is 10.3 Å². The number of hydrogen-bond donors (Lipinski definition) is 2. The van der Waals surface area contributed by atoms with Crippen molar-refractivity contribution in [2.24, 2.45) is 11.1 Å². The summed E-state index contributed by atoms with van der Waals surface area (Å²) in [5.41, 5.74) is 6.50. The molecule has 3 N–H and O–H groups in total. The predicted molar refractivity (Wildman–Crippen MR) is 152 cm³/mol. The summed E-state index contributed by atoms with van der Waals surface area (Å²) in [6.45, 7) is 1.80. The van der Waals surface area contributed by atoms with Crippen LogP contribution in [0.4, 0.5) is 10.1 Å². The molecule has 0 bridgehead atoms. The van der Waals surface area contributed by atoms with Gasteiger partial charge >= 0.3 is 0 Å². The number of nitrogens with two attached hydrogens (primary N) is 1. The minimum atomic E-state index is -0.973. The van der Waals surface area contributed by atoms with Crippen molar-refractivity contribution in [1.29, 1.82) is 0 Å². The number of nitro groups is 1. The molecule has 1 saturated carbocycles. The third-order valence-corrected chi connectivity index (χ3v) is 7.97. The normalized spacial score (nSPS) is 19.0. The standard InChI is InChI=1S/C32H26FN3O5/c1-31(30(38)35-32(14-15-32)21-7-3-2-4-8-21)13-5-6-20(18-31)23-16-24-26(17-25(23)36(39)40)41-28(27(24)29(34)37)19-9-11-22(33)12-10-19/h2-13,16-17H,14-15,18H2,1H3,(H2,34,37)(H,35,38). The summed E-state index contributed by atoms with van der Waals surface area (Å²) in [5, 5.41) is 15.7. The van der Waals surface area contributed by atoms with E-state index in [0.717, 1.165) is 18.4 Å². The van der Waals surface area contributed by atoms with Crippen LogP contribution in [0.5, 0.6) is 0 Å². The molecule has 1 aromatic heterocycles. The van der Waals surface area contributed by atoms with Gasteiger partial charge in [-0.15, -0.1) is 0 Å². The molecule has 9 heteroatoms. The lowest BCUT2D eigenvalue weighted by molar-refractivity contribution is -0.385. The molecule has 41 heavy (non-hydrogen) atoms. The van der Waals surface area contributed by atoms with E-state index in [1.54, 1.807) is 25.2 Å². The first-order valence-corrected chi connectivity index (χ1v) is 13.2. The van der Waals surface area contributed by atoms with Gasteiger partial charge in [0.15, 0.2) is 0 Å². The zero-order valence-corrected chi connectivity index (χ0v) is 22.1. The molecule has 2 amide bonds. The number of hydrogen-bond acceptors (Lipinski definition) is 5. The van der Waals surface area contributed by atoms with Crippen LogP contribution in [0.3, 0.4) is 0 Å². The van der Waals surface area contributed by atoms with Gasteiger partial charge < -0.3 is 15.5 Å². The lowest BCUT2D eigenvalue weighted by Crippen LogP contribution is -2.44. The van der Waals surface area contributed by atoms with Crippen molar-refractivity contribution in [3.8, 4) is 11.3 Å². The highest BCUT2D eigenvalue weighted by atomic mass is 19.1. The number of rotatable bonds is 7. The Kier molecular flexibility index (Phi) is 6.10. The number of carbonyl (C=O) groups excluding carboxylic acids is 2. The van der Waals surface area contributed by atoms with E-state index in [9.17, 15) is 24.1 Å². The summed E-state index contributed by atoms with van der Waals surface area (Å²) in [6, 6.07) is 17.9. The monoisotopic (exact) mass is 551 g/mol. The first kappa shape index (κ1) is 26.2. The van der Waals surface area contributed by atoms with Crippen LogP contribution < -0.4 is 11.1 Å². The molecule has 1 heterocycles. The highest BCUT2D eigenvalue weighted by Gasteiger charge is 2.48. The first-order chi connectivity index (χ1) is 19.6. The molecular weight excluding hydrogens is 525 g/mol. The number of benzene rings is 3. The van der Waals surface area contributed by atoms with Crippen LogP contribution in [0.2, 0.25) is 0 Å². The van der Waals surface area contributed by atoms with Crippen molar-refractivity contribution < 1.29 is 23.3 Å². The molecule has 8 nitrogen and oxygen atoms in total. The number of fused-ring (bicyclic) bond motifs is 1. The highest BCUT2D eigenvalue weighted by molar-refractivity contribution is 6.11. The molecule has 2 aliphatic carbocycles. The number of nitrogens with one attached hydrogen (secondary N) is 1. The van der Waals surface area contributed by atoms with E-state index in [0.29, 0.717) is 16.5 Å². The van der Waals surface area contributed by atoms with Gasteiger partial charge in [0, 0.05) is 10.9 Å². The van der Waals surface area contributed by atoms with E-state index in [1.807, 2.05) is 30.3 Å². The van der Waals surface area contributed by atoms with Gasteiger partial charge in [-0.25, -0.2) is 4.39 Å². The predicted octanol–water partition coefficient (Wildman–Crippen LogP) is 6.40. The van der Waals surface area contributed by atoms with Gasteiger partial charge in [-0.2, -0.15) is 0 Å². The Morgan fingerprint density at radius 2 is 1.78 bits per heavy atom. The van der Waals surface area contributed by atoms with E-state index in [-0.39, 0.29) is 40.5 Å². The van der Waals surface area contributed by atoms with E-state index in [4.69, 9.17) is 10.2 Å². The number of furan rings is 1. The maximum atomic E-state index is 13.7. The highest BCUT2D eigenvalue weighted by Crippen LogP contribution is 2.48. The maximum absolute atomic E-state index is 13.7. The van der Waals surface area contributed by atoms with Gasteiger partial charge in [0.05, 0.1) is 33.1 Å². The van der Waals surface area contributed by atoms with Gasteiger partial charge in [0.25, 0.3) is 11.6 Å². The molecule has 1 fully saturated rings. The molecule has 1 atom stereocenters. The molecule has 3 aromatic carbocycles. The fraction of sp³-hybridized carbons (Fsp3) is 0.188. The Morgan fingerprint density at radius 1 is 1.07 bits per heavy atom. The SMILES string of the molecule is CC1(C(=O)NC2(c3ccccc3)CC2)C=CC=C(c2cc3c(C(N)=O)c(-c4ccc(F)cc4)oc3cc2[N+](=O)[O-])C1. The molecular formula is C32H26FN3O5. The Morgan fingerprint density at radius 3 is 2.41 bits per heavy atom. The van der Waals surface area contributed by atoms with Gasteiger partial charge in [-0.05, 0) is 67.7 Å². The van der Waals surface area contributed by atoms with Crippen LogP contribution in [0.25, 0.3) is 27.9 Å². The van der Waals surface area contributed by atoms with Crippen molar-refractivity contribution >= 4 is 34.0 Å². The summed E-state index contributed by atoms with van der Waals surface area (Å²) in [7, 11) is 0. The topological polar surface area (TPSA) is 128 Å². The van der Waals surface area contributed by atoms with Crippen LogP contribution in [0.1, 0.15) is 47.7 Å². The van der Waals surface area contributed by atoms with E-state index >= 15 is 0 Å². The molecule has 0 spiro atoms. The second-order valence-electron chi connectivity index (χ2n) is 10.8. The number of amides is 2. The van der Waals surface area contributed by atoms with E-state index in [1.165, 1.54) is 36.4 Å². The number of halogens is 1. The molecule has 1 unspecified atom stereocenters. The minimum absolute atomic E-state index is 0.0359. The van der Waals surface area contributed by atoms with E-state index < -0.39 is 27.6 Å². The van der Waals surface area contributed by atoms with Crippen molar-refractivity contribution in [2.75, 3.05) is 0 Å². The third-order valence-electron chi connectivity index (χ3n) is 7.97. The van der Waals surface area contributed by atoms with Gasteiger partial charge in [0.1, 0.15) is 17.2 Å².